The highest BCUT2D eigenvalue weighted by Crippen LogP contribution is 2.23. The summed E-state index contributed by atoms with van der Waals surface area (Å²) in [5, 5.41) is 6.64. The van der Waals surface area contributed by atoms with Gasteiger partial charge in [-0.1, -0.05) is 24.3 Å². The number of hydrogen-bond acceptors (Lipinski definition) is 5. The van der Waals surface area contributed by atoms with Gasteiger partial charge in [0, 0.05) is 12.6 Å². The molecule has 132 valence electrons. The lowest BCUT2D eigenvalue weighted by molar-refractivity contribution is 0.612. The van der Waals surface area contributed by atoms with Crippen LogP contribution in [0.1, 0.15) is 17.1 Å². The van der Waals surface area contributed by atoms with Crippen LogP contribution < -0.4 is 0 Å². The molecule has 0 saturated heterocycles. The molecule has 0 amide bonds. The maximum absolute atomic E-state index is 14.0. The van der Waals surface area contributed by atoms with Crippen LogP contribution in [0.3, 0.4) is 0 Å². The highest BCUT2D eigenvalue weighted by atomic mass is 32.2. The summed E-state index contributed by atoms with van der Waals surface area (Å²) < 4.78 is 37.5. The lowest BCUT2D eigenvalue weighted by atomic mass is 10.1. The number of benzene rings is 1. The Hall–Kier alpha value is -3.07. The summed E-state index contributed by atoms with van der Waals surface area (Å²) in [6, 6.07) is 12.2. The zero-order valence-corrected chi connectivity index (χ0v) is 14.4. The van der Waals surface area contributed by atoms with Gasteiger partial charge in [-0.05, 0) is 23.8 Å². The van der Waals surface area contributed by atoms with E-state index in [0.29, 0.717) is 29.3 Å². The van der Waals surface area contributed by atoms with Crippen LogP contribution in [0.2, 0.25) is 0 Å². The minimum absolute atomic E-state index is 0.180. The van der Waals surface area contributed by atoms with Gasteiger partial charge in [-0.15, -0.1) is 0 Å². The van der Waals surface area contributed by atoms with E-state index >= 15 is 0 Å². The van der Waals surface area contributed by atoms with Gasteiger partial charge >= 0.3 is 0 Å². The number of imidazole rings is 1. The number of aromatic nitrogens is 5. The Balaban J connectivity index is 1.79. The molecular weight excluding hydrogens is 357 g/mol. The molecule has 0 unspecified atom stereocenters. The smallest absolute Gasteiger partial charge is 0.192 e. The topological polar surface area (TPSA) is 93.0 Å². The number of rotatable bonds is 5. The van der Waals surface area contributed by atoms with Gasteiger partial charge in [0.2, 0.25) is 0 Å². The number of halogens is 1. The standard InChI is InChI=1S/C17H14FN5O2S/c18-12-6-2-1-5-11(12)9-13-14-7-3-4-8-23(14)17(19-13)16-20-15(21-22-16)10-26(24)25/h1-8,26H,9-10H2,(H,20,21,22). The van der Waals surface area contributed by atoms with Crippen molar-refractivity contribution in [2.75, 3.05) is 0 Å². The zero-order chi connectivity index (χ0) is 18.1. The normalized spacial score (nSPS) is 11.5. The number of hydrogen-bond donors (Lipinski definition) is 2. The quantitative estimate of drug-likeness (QED) is 0.523. The van der Waals surface area contributed by atoms with E-state index in [1.807, 2.05) is 28.8 Å². The maximum Gasteiger partial charge on any atom is 0.192 e. The van der Waals surface area contributed by atoms with Crippen molar-refractivity contribution in [3.05, 3.63) is 71.6 Å². The average Bonchev–Trinajstić information content (AvgIpc) is 3.21. The summed E-state index contributed by atoms with van der Waals surface area (Å²) >= 11 is 0. The van der Waals surface area contributed by atoms with Gasteiger partial charge in [0.05, 0.1) is 11.2 Å². The van der Waals surface area contributed by atoms with Crippen LogP contribution in [0.25, 0.3) is 17.2 Å². The molecule has 3 heterocycles. The van der Waals surface area contributed by atoms with Crippen molar-refractivity contribution in [2.24, 2.45) is 0 Å². The first-order chi connectivity index (χ1) is 12.6. The van der Waals surface area contributed by atoms with Crippen molar-refractivity contribution >= 4 is 16.2 Å². The van der Waals surface area contributed by atoms with Crippen LogP contribution in [0.4, 0.5) is 4.39 Å². The third-order valence-electron chi connectivity index (χ3n) is 3.95. The molecular formula is C17H14FN5O2S. The fourth-order valence-corrected chi connectivity index (χ4v) is 3.18. The third-order valence-corrected chi connectivity index (χ3v) is 4.50. The first-order valence-electron chi connectivity index (χ1n) is 7.84. The second-order valence-corrected chi connectivity index (χ2v) is 6.68. The fraction of sp³-hybridized carbons (Fsp3) is 0.118. The molecule has 0 radical (unpaired) electrons. The summed E-state index contributed by atoms with van der Waals surface area (Å²) in [5.41, 5.74) is 2.06. The summed E-state index contributed by atoms with van der Waals surface area (Å²) in [6.07, 6.45) is 2.15. The predicted octanol–water partition coefficient (Wildman–Crippen LogP) is 1.96. The van der Waals surface area contributed by atoms with Gasteiger partial charge in [-0.2, -0.15) is 5.10 Å². The highest BCUT2D eigenvalue weighted by molar-refractivity contribution is 7.71. The minimum Gasteiger partial charge on any atom is -0.297 e. The zero-order valence-electron chi connectivity index (χ0n) is 13.5. The summed E-state index contributed by atoms with van der Waals surface area (Å²) in [7, 11) is -2.61. The molecule has 9 heteroatoms. The molecule has 4 rings (SSSR count). The Bertz CT molecular complexity index is 1160. The van der Waals surface area contributed by atoms with E-state index in [9.17, 15) is 12.8 Å². The average molecular weight is 371 g/mol. The number of fused-ring (bicyclic) bond motifs is 1. The Labute approximate surface area is 149 Å². The van der Waals surface area contributed by atoms with E-state index in [-0.39, 0.29) is 17.4 Å². The van der Waals surface area contributed by atoms with E-state index in [1.54, 1.807) is 18.2 Å². The number of aromatic amines is 1. The second-order valence-electron chi connectivity index (χ2n) is 5.70. The number of nitrogens with one attached hydrogen (secondary N) is 1. The van der Waals surface area contributed by atoms with Crippen LogP contribution >= 0.6 is 0 Å². The number of nitrogens with zero attached hydrogens (tertiary/aromatic N) is 4. The van der Waals surface area contributed by atoms with E-state index in [0.717, 1.165) is 5.52 Å². The van der Waals surface area contributed by atoms with Crippen molar-refractivity contribution in [1.29, 1.82) is 0 Å². The molecule has 0 atom stereocenters. The molecule has 0 aliphatic carbocycles. The number of H-pyrrole nitrogens is 1. The summed E-state index contributed by atoms with van der Waals surface area (Å²) in [6.45, 7) is 0. The van der Waals surface area contributed by atoms with Crippen LogP contribution in [-0.2, 0) is 22.9 Å². The van der Waals surface area contributed by atoms with Crippen molar-refractivity contribution in [1.82, 2.24) is 24.6 Å². The SMILES string of the molecule is O=[SH](=O)Cc1n[nH]c(-c2nc(Cc3ccccc3F)c3ccccn23)n1. The fourth-order valence-electron chi connectivity index (χ4n) is 2.80. The van der Waals surface area contributed by atoms with Gasteiger partial charge in [-0.25, -0.2) is 22.8 Å². The molecule has 1 N–H and O–H groups in total. The highest BCUT2D eigenvalue weighted by Gasteiger charge is 2.17. The third kappa shape index (κ3) is 3.08. The molecule has 26 heavy (non-hydrogen) atoms. The Morgan fingerprint density at radius 1 is 1.08 bits per heavy atom. The monoisotopic (exact) mass is 371 g/mol. The summed E-state index contributed by atoms with van der Waals surface area (Å²) in [5.74, 6) is 0.508. The molecule has 0 spiro atoms. The minimum atomic E-state index is -2.61. The largest absolute Gasteiger partial charge is 0.297 e. The lowest BCUT2D eigenvalue weighted by Crippen LogP contribution is -1.93. The first kappa shape index (κ1) is 16.4. The molecule has 0 aliphatic heterocycles. The predicted molar refractivity (Wildman–Crippen MR) is 93.8 cm³/mol. The van der Waals surface area contributed by atoms with E-state index in [2.05, 4.69) is 20.2 Å². The Morgan fingerprint density at radius 2 is 1.88 bits per heavy atom. The van der Waals surface area contributed by atoms with Crippen molar-refractivity contribution in [3.8, 4) is 11.6 Å². The first-order valence-corrected chi connectivity index (χ1v) is 9.21. The molecule has 3 aromatic heterocycles. The Morgan fingerprint density at radius 3 is 2.69 bits per heavy atom. The van der Waals surface area contributed by atoms with Crippen molar-refractivity contribution in [3.63, 3.8) is 0 Å². The number of pyridine rings is 1. The van der Waals surface area contributed by atoms with Gasteiger partial charge in [0.25, 0.3) is 0 Å². The summed E-state index contributed by atoms with van der Waals surface area (Å²) in [4.78, 5) is 8.80. The molecule has 1 aromatic carbocycles. The van der Waals surface area contributed by atoms with Gasteiger partial charge in [0.15, 0.2) is 17.5 Å². The van der Waals surface area contributed by atoms with Gasteiger partial charge in [-0.3, -0.25) is 9.50 Å². The van der Waals surface area contributed by atoms with Crippen LogP contribution in [0.15, 0.2) is 48.7 Å². The molecule has 4 aromatic rings. The van der Waals surface area contributed by atoms with E-state index in [4.69, 9.17) is 0 Å². The van der Waals surface area contributed by atoms with Crippen molar-refractivity contribution < 1.29 is 12.8 Å². The number of thiol groups is 1. The van der Waals surface area contributed by atoms with E-state index in [1.165, 1.54) is 6.07 Å². The maximum atomic E-state index is 14.0. The van der Waals surface area contributed by atoms with Crippen molar-refractivity contribution in [2.45, 2.75) is 12.2 Å². The van der Waals surface area contributed by atoms with Crippen LogP contribution in [0.5, 0.6) is 0 Å². The van der Waals surface area contributed by atoms with E-state index < -0.39 is 10.7 Å². The Kier molecular flexibility index (Phi) is 4.21. The molecule has 0 saturated carbocycles. The van der Waals surface area contributed by atoms with Crippen LogP contribution in [-0.4, -0.2) is 33.0 Å². The van der Waals surface area contributed by atoms with Gasteiger partial charge < -0.3 is 0 Å². The van der Waals surface area contributed by atoms with Crippen LogP contribution in [0, 0.1) is 5.82 Å². The molecule has 0 bridgehead atoms. The molecule has 0 aliphatic rings. The molecule has 7 nitrogen and oxygen atoms in total. The molecule has 0 fully saturated rings. The second kappa shape index (κ2) is 6.68. The lowest BCUT2D eigenvalue weighted by Gasteiger charge is -2.01. The van der Waals surface area contributed by atoms with Gasteiger partial charge in [0.1, 0.15) is 22.3 Å².